The molecule has 0 saturated carbocycles. The Labute approximate surface area is 193 Å². The van der Waals surface area contributed by atoms with Crippen molar-refractivity contribution in [3.05, 3.63) is 47.8 Å². The monoisotopic (exact) mass is 454 g/mol. The standard InChI is InChI=1S/C24H30N4O3S/c1-4-16-15-32-24-26-22(18-7-5-6-8-25-18)23(28(16)24)17-13-21(30-3)19(14-20(17)29-2)27-9-11-31-12-10-27/h5-8,13-14,16,22-23H,4,9-12,15H2,1-3H3/t16-,22+,23-/m1/s1. The zero-order valence-corrected chi connectivity index (χ0v) is 19.7. The minimum absolute atomic E-state index is 0.0161. The number of aromatic nitrogens is 1. The molecule has 5 rings (SSSR count). The second kappa shape index (κ2) is 9.19. The number of benzene rings is 1. The van der Waals surface area contributed by atoms with Crippen LogP contribution in [0.3, 0.4) is 0 Å². The molecule has 0 bridgehead atoms. The molecule has 0 unspecified atom stereocenters. The Morgan fingerprint density at radius 3 is 2.62 bits per heavy atom. The zero-order valence-electron chi connectivity index (χ0n) is 18.9. The summed E-state index contributed by atoms with van der Waals surface area (Å²) in [5.41, 5.74) is 3.12. The van der Waals surface area contributed by atoms with Gasteiger partial charge in [0.05, 0.1) is 44.9 Å². The van der Waals surface area contributed by atoms with Crippen molar-refractivity contribution in [3.8, 4) is 11.5 Å². The lowest BCUT2D eigenvalue weighted by atomic mass is 9.93. The van der Waals surface area contributed by atoms with Crippen molar-refractivity contribution in [2.24, 2.45) is 4.99 Å². The van der Waals surface area contributed by atoms with Crippen LogP contribution in [0, 0.1) is 0 Å². The average Bonchev–Trinajstić information content (AvgIpc) is 3.43. The number of ether oxygens (including phenoxy) is 3. The van der Waals surface area contributed by atoms with E-state index in [2.05, 4.69) is 39.9 Å². The third-order valence-corrected chi connectivity index (χ3v) is 7.66. The lowest BCUT2D eigenvalue weighted by molar-refractivity contribution is 0.122. The summed E-state index contributed by atoms with van der Waals surface area (Å²) in [7, 11) is 3.49. The number of hydrogen-bond acceptors (Lipinski definition) is 8. The highest BCUT2D eigenvalue weighted by atomic mass is 32.2. The molecule has 0 radical (unpaired) electrons. The number of aliphatic imine (C=N–C) groups is 1. The Morgan fingerprint density at radius 2 is 1.94 bits per heavy atom. The van der Waals surface area contributed by atoms with Gasteiger partial charge in [-0.25, -0.2) is 0 Å². The van der Waals surface area contributed by atoms with E-state index in [4.69, 9.17) is 19.2 Å². The van der Waals surface area contributed by atoms with E-state index in [1.54, 1.807) is 14.2 Å². The van der Waals surface area contributed by atoms with Gasteiger partial charge in [-0.3, -0.25) is 9.98 Å². The lowest BCUT2D eigenvalue weighted by Crippen LogP contribution is -2.37. The highest BCUT2D eigenvalue weighted by Gasteiger charge is 2.46. The number of nitrogens with zero attached hydrogens (tertiary/aromatic N) is 4. The molecule has 3 atom stereocenters. The maximum absolute atomic E-state index is 5.97. The summed E-state index contributed by atoms with van der Waals surface area (Å²) in [6, 6.07) is 10.7. The topological polar surface area (TPSA) is 59.4 Å². The number of methoxy groups -OCH3 is 2. The van der Waals surface area contributed by atoms with Crippen molar-refractivity contribution in [1.82, 2.24) is 9.88 Å². The SMILES string of the molecule is CC[C@@H]1CSC2=N[C@@H](c3ccccn3)[C@@H](c3cc(OC)c(N4CCOCC4)cc3OC)N21. The zero-order chi connectivity index (χ0) is 22.1. The Hall–Kier alpha value is -2.45. The van der Waals surface area contributed by atoms with Crippen molar-refractivity contribution >= 4 is 22.6 Å². The Balaban J connectivity index is 1.61. The molecule has 2 fully saturated rings. The van der Waals surface area contributed by atoms with Crippen LogP contribution in [0.15, 0.2) is 41.5 Å². The normalized spacial score (nSPS) is 25.0. The van der Waals surface area contributed by atoms with Crippen LogP contribution in [0.5, 0.6) is 11.5 Å². The van der Waals surface area contributed by atoms with Crippen LogP contribution in [0.25, 0.3) is 0 Å². The molecule has 0 amide bonds. The fourth-order valence-electron chi connectivity index (χ4n) is 4.87. The first-order valence-corrected chi connectivity index (χ1v) is 12.2. The number of fused-ring (bicyclic) bond motifs is 1. The van der Waals surface area contributed by atoms with Gasteiger partial charge >= 0.3 is 0 Å². The Kier molecular flexibility index (Phi) is 6.15. The highest BCUT2D eigenvalue weighted by Crippen LogP contribution is 2.52. The molecule has 32 heavy (non-hydrogen) atoms. The molecule has 1 aromatic heterocycles. The number of morpholine rings is 1. The molecule has 3 aliphatic rings. The molecular formula is C24H30N4O3S. The quantitative estimate of drug-likeness (QED) is 0.656. The van der Waals surface area contributed by atoms with Gasteiger partial charge in [-0.1, -0.05) is 24.8 Å². The van der Waals surface area contributed by atoms with Gasteiger partial charge in [0.1, 0.15) is 17.5 Å². The lowest BCUT2D eigenvalue weighted by Gasteiger charge is -2.34. The van der Waals surface area contributed by atoms with Gasteiger partial charge in [0, 0.05) is 42.7 Å². The van der Waals surface area contributed by atoms with E-state index in [9.17, 15) is 0 Å². The van der Waals surface area contributed by atoms with Gasteiger partial charge in [-0.05, 0) is 24.6 Å². The molecule has 2 saturated heterocycles. The predicted octanol–water partition coefficient (Wildman–Crippen LogP) is 3.91. The van der Waals surface area contributed by atoms with E-state index in [0.29, 0.717) is 6.04 Å². The molecule has 8 heteroatoms. The Bertz CT molecular complexity index is 981. The largest absolute Gasteiger partial charge is 0.496 e. The van der Waals surface area contributed by atoms with Crippen molar-refractivity contribution in [1.29, 1.82) is 0 Å². The fraction of sp³-hybridized carbons (Fsp3) is 0.500. The summed E-state index contributed by atoms with van der Waals surface area (Å²) in [5, 5.41) is 1.11. The van der Waals surface area contributed by atoms with Crippen molar-refractivity contribution in [2.75, 3.05) is 51.2 Å². The average molecular weight is 455 g/mol. The maximum Gasteiger partial charge on any atom is 0.160 e. The van der Waals surface area contributed by atoms with Gasteiger partial charge < -0.3 is 24.0 Å². The molecule has 4 heterocycles. The third-order valence-electron chi connectivity index (χ3n) is 6.53. The first-order valence-electron chi connectivity index (χ1n) is 11.2. The summed E-state index contributed by atoms with van der Waals surface area (Å²) in [6.07, 6.45) is 2.92. The predicted molar refractivity (Wildman–Crippen MR) is 128 cm³/mol. The van der Waals surface area contributed by atoms with E-state index in [-0.39, 0.29) is 12.1 Å². The van der Waals surface area contributed by atoms with Gasteiger partial charge in [0.15, 0.2) is 5.17 Å². The van der Waals surface area contributed by atoms with E-state index in [1.807, 2.05) is 30.1 Å². The van der Waals surface area contributed by atoms with Gasteiger partial charge in [-0.2, -0.15) is 0 Å². The summed E-state index contributed by atoms with van der Waals surface area (Å²) in [4.78, 5) is 14.6. The molecule has 0 aliphatic carbocycles. The molecule has 170 valence electrons. The van der Waals surface area contributed by atoms with E-state index in [1.165, 1.54) is 0 Å². The molecular weight excluding hydrogens is 424 g/mol. The second-order valence-electron chi connectivity index (χ2n) is 8.20. The number of amidine groups is 1. The summed E-state index contributed by atoms with van der Waals surface area (Å²) in [6.45, 7) is 5.37. The van der Waals surface area contributed by atoms with Crippen molar-refractivity contribution < 1.29 is 14.2 Å². The van der Waals surface area contributed by atoms with Crippen LogP contribution >= 0.6 is 11.8 Å². The van der Waals surface area contributed by atoms with Gasteiger partial charge in [-0.15, -0.1) is 0 Å². The summed E-state index contributed by atoms with van der Waals surface area (Å²) >= 11 is 1.85. The smallest absolute Gasteiger partial charge is 0.160 e. The van der Waals surface area contributed by atoms with Crippen molar-refractivity contribution in [2.45, 2.75) is 31.5 Å². The molecule has 2 aromatic rings. The minimum atomic E-state index is -0.0825. The van der Waals surface area contributed by atoms with E-state index < -0.39 is 0 Å². The molecule has 7 nitrogen and oxygen atoms in total. The Morgan fingerprint density at radius 1 is 1.12 bits per heavy atom. The molecule has 3 aliphatic heterocycles. The van der Waals surface area contributed by atoms with Crippen LogP contribution in [-0.2, 0) is 4.74 Å². The fourth-order valence-corrected chi connectivity index (χ4v) is 6.21. The number of anilines is 1. The summed E-state index contributed by atoms with van der Waals surface area (Å²) in [5.74, 6) is 2.78. The van der Waals surface area contributed by atoms with Crippen LogP contribution in [0.2, 0.25) is 0 Å². The number of rotatable bonds is 6. The third kappa shape index (κ3) is 3.69. The maximum atomic E-state index is 5.97. The van der Waals surface area contributed by atoms with Crippen LogP contribution < -0.4 is 14.4 Å². The number of hydrogen-bond donors (Lipinski definition) is 0. The van der Waals surface area contributed by atoms with Crippen molar-refractivity contribution in [3.63, 3.8) is 0 Å². The molecule has 0 N–H and O–H groups in total. The molecule has 1 aromatic carbocycles. The van der Waals surface area contributed by atoms with E-state index >= 15 is 0 Å². The first-order chi connectivity index (χ1) is 15.7. The van der Waals surface area contributed by atoms with E-state index in [0.717, 1.165) is 72.1 Å². The first kappa shape index (κ1) is 21.4. The second-order valence-corrected chi connectivity index (χ2v) is 9.19. The minimum Gasteiger partial charge on any atom is -0.496 e. The number of pyridine rings is 1. The van der Waals surface area contributed by atoms with Gasteiger partial charge in [0.2, 0.25) is 0 Å². The molecule has 0 spiro atoms. The highest BCUT2D eigenvalue weighted by molar-refractivity contribution is 8.14. The van der Waals surface area contributed by atoms with Gasteiger partial charge in [0.25, 0.3) is 0 Å². The number of thioether (sulfide) groups is 1. The van der Waals surface area contributed by atoms with Crippen LogP contribution in [-0.4, -0.2) is 67.4 Å². The summed E-state index contributed by atoms with van der Waals surface area (Å²) < 4.78 is 17.4. The van der Waals surface area contributed by atoms with Crippen LogP contribution in [0.4, 0.5) is 5.69 Å². The van der Waals surface area contributed by atoms with Crippen LogP contribution in [0.1, 0.15) is 36.7 Å².